The number of nitrogens with zero attached hydrogens (tertiary/aromatic N) is 2. The molecule has 1 aliphatic carbocycles. The quantitative estimate of drug-likeness (QED) is 0.765. The summed E-state index contributed by atoms with van der Waals surface area (Å²) in [6.45, 7) is 9.73. The van der Waals surface area contributed by atoms with Crippen LogP contribution in [0, 0.1) is 5.92 Å². The minimum Gasteiger partial charge on any atom is -0.444 e. The molecule has 4 nitrogen and oxygen atoms in total. The zero-order chi connectivity index (χ0) is 18.6. The number of likely N-dealkylation sites (tertiary alicyclic amines) is 1. The maximum Gasteiger partial charge on any atom is 0.410 e. The average Bonchev–Trinajstić information content (AvgIpc) is 2.53. The van der Waals surface area contributed by atoms with Crippen molar-refractivity contribution in [2.75, 3.05) is 19.6 Å². The van der Waals surface area contributed by atoms with Gasteiger partial charge < -0.3 is 9.64 Å². The van der Waals surface area contributed by atoms with Crippen LogP contribution in [0.25, 0.3) is 0 Å². The van der Waals surface area contributed by atoms with E-state index in [9.17, 15) is 4.79 Å². The third-order valence-electron chi connectivity index (χ3n) is 5.48. The van der Waals surface area contributed by atoms with Gasteiger partial charge >= 0.3 is 6.09 Å². The monoisotopic (exact) mass is 358 g/mol. The fraction of sp³-hybridized carbons (Fsp3) is 0.682. The van der Waals surface area contributed by atoms with Crippen molar-refractivity contribution in [3.8, 4) is 0 Å². The first-order chi connectivity index (χ1) is 12.4. The highest BCUT2D eigenvalue weighted by atomic mass is 16.6. The molecule has 2 fully saturated rings. The summed E-state index contributed by atoms with van der Waals surface area (Å²) in [6.07, 6.45) is 5.89. The van der Waals surface area contributed by atoms with Crippen molar-refractivity contribution in [3.63, 3.8) is 0 Å². The second kappa shape index (κ2) is 8.43. The number of benzene rings is 1. The predicted molar refractivity (Wildman–Crippen MR) is 105 cm³/mol. The highest BCUT2D eigenvalue weighted by Crippen LogP contribution is 2.30. The second-order valence-corrected chi connectivity index (χ2v) is 8.95. The molecule has 144 valence electrons. The molecule has 0 spiro atoms. The van der Waals surface area contributed by atoms with Gasteiger partial charge in [-0.05, 0) is 64.5 Å². The Kier molecular flexibility index (Phi) is 6.23. The molecular weight excluding hydrogens is 324 g/mol. The standard InChI is InChI=1S/C22H34N2O2/c1-22(2,3)26-21(25)24(16-19-11-7-12-19)20-13-8-14-23(17-20)15-18-9-5-4-6-10-18/h4-6,9-10,19-20H,7-8,11-17H2,1-3H3/t20-/m1/s1. The maximum atomic E-state index is 12.9. The van der Waals surface area contributed by atoms with Crippen LogP contribution in [0.2, 0.25) is 0 Å². The van der Waals surface area contributed by atoms with Gasteiger partial charge in [-0.2, -0.15) is 0 Å². The van der Waals surface area contributed by atoms with Crippen LogP contribution < -0.4 is 0 Å². The van der Waals surface area contributed by atoms with Gasteiger partial charge in [0.05, 0.1) is 0 Å². The van der Waals surface area contributed by atoms with Crippen molar-refractivity contribution in [1.82, 2.24) is 9.80 Å². The lowest BCUT2D eigenvalue weighted by Gasteiger charge is -2.42. The number of hydrogen-bond donors (Lipinski definition) is 0. The lowest BCUT2D eigenvalue weighted by Crippen LogP contribution is -2.53. The highest BCUT2D eigenvalue weighted by Gasteiger charge is 2.34. The first-order valence-corrected chi connectivity index (χ1v) is 10.2. The number of rotatable bonds is 5. The summed E-state index contributed by atoms with van der Waals surface area (Å²) in [7, 11) is 0. The molecule has 26 heavy (non-hydrogen) atoms. The number of carbonyl (C=O) groups excluding carboxylic acids is 1. The summed E-state index contributed by atoms with van der Waals surface area (Å²) in [5, 5.41) is 0. The topological polar surface area (TPSA) is 32.8 Å². The van der Waals surface area contributed by atoms with Crippen molar-refractivity contribution < 1.29 is 9.53 Å². The summed E-state index contributed by atoms with van der Waals surface area (Å²) in [5.74, 6) is 0.659. The second-order valence-electron chi connectivity index (χ2n) is 8.95. The Morgan fingerprint density at radius 2 is 1.88 bits per heavy atom. The molecule has 1 heterocycles. The molecule has 0 bridgehead atoms. The summed E-state index contributed by atoms with van der Waals surface area (Å²) in [5.41, 5.74) is 0.906. The first kappa shape index (κ1) is 19.2. The van der Waals surface area contributed by atoms with Crippen LogP contribution in [-0.4, -0.2) is 47.2 Å². The van der Waals surface area contributed by atoms with E-state index in [-0.39, 0.29) is 12.1 Å². The normalized spacial score (nSPS) is 21.9. The Bertz CT molecular complexity index is 578. The molecule has 1 aromatic carbocycles. The molecule has 1 aliphatic heterocycles. The van der Waals surface area contributed by atoms with E-state index in [2.05, 4.69) is 35.2 Å². The molecule has 4 heteroatoms. The Morgan fingerprint density at radius 3 is 2.50 bits per heavy atom. The molecule has 1 atom stereocenters. The van der Waals surface area contributed by atoms with Crippen molar-refractivity contribution in [2.45, 2.75) is 71.1 Å². The Balaban J connectivity index is 1.65. The summed E-state index contributed by atoms with van der Waals surface area (Å²) in [6, 6.07) is 10.9. The van der Waals surface area contributed by atoms with Gasteiger partial charge in [-0.1, -0.05) is 36.8 Å². The van der Waals surface area contributed by atoms with Crippen molar-refractivity contribution in [1.29, 1.82) is 0 Å². The Morgan fingerprint density at radius 1 is 1.15 bits per heavy atom. The lowest BCUT2D eigenvalue weighted by atomic mass is 9.84. The molecule has 0 N–H and O–H groups in total. The number of piperidine rings is 1. The molecule has 1 saturated carbocycles. The zero-order valence-electron chi connectivity index (χ0n) is 16.6. The summed E-state index contributed by atoms with van der Waals surface area (Å²) >= 11 is 0. The van der Waals surface area contributed by atoms with Crippen LogP contribution in [0.5, 0.6) is 0 Å². The van der Waals surface area contributed by atoms with Gasteiger partial charge in [-0.25, -0.2) is 4.79 Å². The van der Waals surface area contributed by atoms with Crippen LogP contribution in [0.4, 0.5) is 4.79 Å². The van der Waals surface area contributed by atoms with Gasteiger partial charge in [-0.3, -0.25) is 4.90 Å². The van der Waals surface area contributed by atoms with Crippen molar-refractivity contribution >= 4 is 6.09 Å². The van der Waals surface area contributed by atoms with Gasteiger partial charge in [-0.15, -0.1) is 0 Å². The van der Waals surface area contributed by atoms with Crippen LogP contribution in [0.15, 0.2) is 30.3 Å². The molecule has 0 aromatic heterocycles. The molecule has 0 unspecified atom stereocenters. The van der Waals surface area contributed by atoms with E-state index < -0.39 is 5.60 Å². The van der Waals surface area contributed by atoms with E-state index in [0.29, 0.717) is 5.92 Å². The number of amides is 1. The summed E-state index contributed by atoms with van der Waals surface area (Å²) < 4.78 is 5.74. The van der Waals surface area contributed by atoms with E-state index in [4.69, 9.17) is 4.74 Å². The van der Waals surface area contributed by atoms with E-state index in [1.807, 2.05) is 25.7 Å². The fourth-order valence-corrected chi connectivity index (χ4v) is 3.92. The highest BCUT2D eigenvalue weighted by molar-refractivity contribution is 5.68. The van der Waals surface area contributed by atoms with Gasteiger partial charge in [0.25, 0.3) is 0 Å². The number of carbonyl (C=O) groups is 1. The van der Waals surface area contributed by atoms with Crippen molar-refractivity contribution in [3.05, 3.63) is 35.9 Å². The Labute approximate surface area is 158 Å². The number of ether oxygens (including phenoxy) is 1. The molecule has 2 aliphatic rings. The predicted octanol–water partition coefficient (Wildman–Crippen LogP) is 4.69. The molecule has 0 radical (unpaired) electrons. The van der Waals surface area contributed by atoms with Gasteiger partial charge in [0.2, 0.25) is 0 Å². The van der Waals surface area contributed by atoms with Crippen LogP contribution >= 0.6 is 0 Å². The molecule has 3 rings (SSSR count). The molecule has 1 amide bonds. The third kappa shape index (κ3) is 5.47. The van der Waals surface area contributed by atoms with Gasteiger partial charge in [0, 0.05) is 25.7 Å². The zero-order valence-corrected chi connectivity index (χ0v) is 16.6. The van der Waals surface area contributed by atoms with E-state index >= 15 is 0 Å². The largest absolute Gasteiger partial charge is 0.444 e. The van der Waals surface area contributed by atoms with Crippen LogP contribution in [-0.2, 0) is 11.3 Å². The van der Waals surface area contributed by atoms with E-state index in [1.54, 1.807) is 0 Å². The minimum absolute atomic E-state index is 0.129. The van der Waals surface area contributed by atoms with E-state index in [0.717, 1.165) is 39.0 Å². The SMILES string of the molecule is CC(C)(C)OC(=O)N(CC1CCC1)[C@@H]1CCCN(Cc2ccccc2)C1. The first-order valence-electron chi connectivity index (χ1n) is 10.2. The van der Waals surface area contributed by atoms with Gasteiger partial charge in [0.1, 0.15) is 5.60 Å². The van der Waals surface area contributed by atoms with Crippen LogP contribution in [0.3, 0.4) is 0 Å². The third-order valence-corrected chi connectivity index (χ3v) is 5.48. The van der Waals surface area contributed by atoms with Crippen LogP contribution in [0.1, 0.15) is 58.4 Å². The van der Waals surface area contributed by atoms with Crippen molar-refractivity contribution in [2.24, 2.45) is 5.92 Å². The fourth-order valence-electron chi connectivity index (χ4n) is 3.92. The molecular formula is C22H34N2O2. The smallest absolute Gasteiger partial charge is 0.410 e. The lowest BCUT2D eigenvalue weighted by molar-refractivity contribution is -0.00213. The molecule has 1 aromatic rings. The van der Waals surface area contributed by atoms with E-state index in [1.165, 1.54) is 24.8 Å². The summed E-state index contributed by atoms with van der Waals surface area (Å²) in [4.78, 5) is 17.4. The average molecular weight is 359 g/mol. The molecule has 1 saturated heterocycles. The van der Waals surface area contributed by atoms with Gasteiger partial charge in [0.15, 0.2) is 0 Å². The minimum atomic E-state index is -0.437. The maximum absolute atomic E-state index is 12.9. The number of hydrogen-bond acceptors (Lipinski definition) is 3. The Hall–Kier alpha value is -1.55.